The summed E-state index contributed by atoms with van der Waals surface area (Å²) in [5.41, 5.74) is -2.61. The summed E-state index contributed by atoms with van der Waals surface area (Å²) >= 11 is 0. The number of carbonyl (C=O) groups excluding carboxylic acids is 5. The summed E-state index contributed by atoms with van der Waals surface area (Å²) in [6, 6.07) is 8.29. The smallest absolute Gasteiger partial charge is 0.312 e. The van der Waals surface area contributed by atoms with Gasteiger partial charge in [-0.15, -0.1) is 0 Å². The molecule has 0 heterocycles. The molecule has 0 aliphatic heterocycles. The standard InChI is InChI=1S/C28H37NO9/c1-6-35-23(31)18-20(25(33)37-8-3)28(29-22(30)17-13-11-10-12-14-17)16-15-27(18,5)19(24(32)36-7-2)21(28)26(34)38-9-4/h10-14,18-21H,6-9,15-16H2,1-5H3,(H,29,30)/t18-,19+,20-,21+,27?,28?. The molecule has 0 radical (unpaired) electrons. The van der Waals surface area contributed by atoms with E-state index in [9.17, 15) is 24.0 Å². The Morgan fingerprint density at radius 1 is 0.684 bits per heavy atom. The van der Waals surface area contributed by atoms with Crippen LogP contribution in [0, 0.1) is 29.1 Å². The monoisotopic (exact) mass is 531 g/mol. The predicted octanol–water partition coefficient (Wildman–Crippen LogP) is 2.69. The van der Waals surface area contributed by atoms with E-state index in [-0.39, 0.29) is 44.8 Å². The molecule has 1 aromatic carbocycles. The number of fused-ring (bicyclic) bond motifs is 3. The van der Waals surface area contributed by atoms with Crippen LogP contribution in [-0.4, -0.2) is 61.8 Å². The lowest BCUT2D eigenvalue weighted by atomic mass is 9.40. The molecule has 0 saturated heterocycles. The molecular formula is C28H37NO9. The van der Waals surface area contributed by atoms with E-state index in [0.717, 1.165) is 0 Å². The van der Waals surface area contributed by atoms with Gasteiger partial charge in [-0.05, 0) is 58.1 Å². The highest BCUT2D eigenvalue weighted by Crippen LogP contribution is 2.64. The van der Waals surface area contributed by atoms with Crippen LogP contribution >= 0.6 is 0 Å². The average Bonchev–Trinajstić information content (AvgIpc) is 2.89. The zero-order valence-electron chi connectivity index (χ0n) is 22.6. The summed E-state index contributed by atoms with van der Waals surface area (Å²) in [5, 5.41) is 2.93. The number of hydrogen-bond acceptors (Lipinski definition) is 9. The lowest BCUT2D eigenvalue weighted by Crippen LogP contribution is -2.78. The van der Waals surface area contributed by atoms with Crippen LogP contribution in [0.3, 0.4) is 0 Å². The second-order valence-corrected chi connectivity index (χ2v) is 9.79. The van der Waals surface area contributed by atoms with Crippen molar-refractivity contribution < 1.29 is 42.9 Å². The minimum atomic E-state index is -1.68. The summed E-state index contributed by atoms with van der Waals surface area (Å²) in [7, 11) is 0. The first-order chi connectivity index (χ1) is 18.1. The molecule has 1 amide bonds. The summed E-state index contributed by atoms with van der Waals surface area (Å²) in [4.78, 5) is 67.9. The van der Waals surface area contributed by atoms with E-state index < -0.39 is 64.4 Å². The third-order valence-corrected chi connectivity index (χ3v) is 7.82. The Hall–Kier alpha value is -3.43. The number of esters is 4. The van der Waals surface area contributed by atoms with Crippen LogP contribution < -0.4 is 5.32 Å². The van der Waals surface area contributed by atoms with Gasteiger partial charge in [0.15, 0.2) is 0 Å². The maximum atomic E-state index is 13.7. The van der Waals surface area contributed by atoms with Crippen LogP contribution in [0.25, 0.3) is 0 Å². The molecule has 3 aliphatic carbocycles. The molecule has 3 saturated carbocycles. The van der Waals surface area contributed by atoms with Crippen LogP contribution in [-0.2, 0) is 38.1 Å². The Bertz CT molecular complexity index is 1010. The van der Waals surface area contributed by atoms with Crippen molar-refractivity contribution in [3.8, 4) is 0 Å². The van der Waals surface area contributed by atoms with Crippen molar-refractivity contribution in [2.24, 2.45) is 29.1 Å². The van der Waals surface area contributed by atoms with E-state index in [4.69, 9.17) is 18.9 Å². The highest BCUT2D eigenvalue weighted by Gasteiger charge is 2.76. The lowest BCUT2D eigenvalue weighted by molar-refractivity contribution is -0.219. The molecule has 3 aliphatic rings. The van der Waals surface area contributed by atoms with E-state index in [1.54, 1.807) is 65.0 Å². The van der Waals surface area contributed by atoms with Crippen molar-refractivity contribution in [1.29, 1.82) is 0 Å². The number of rotatable bonds is 10. The Morgan fingerprint density at radius 2 is 1.08 bits per heavy atom. The quantitative estimate of drug-likeness (QED) is 0.357. The number of amides is 1. The largest absolute Gasteiger partial charge is 0.466 e. The van der Waals surface area contributed by atoms with Crippen molar-refractivity contribution in [2.45, 2.75) is 53.0 Å². The molecule has 10 heteroatoms. The van der Waals surface area contributed by atoms with Crippen molar-refractivity contribution in [3.63, 3.8) is 0 Å². The molecule has 0 spiro atoms. The highest BCUT2D eigenvalue weighted by molar-refractivity contribution is 5.98. The van der Waals surface area contributed by atoms with E-state index in [0.29, 0.717) is 0 Å². The Balaban J connectivity index is 2.32. The number of benzene rings is 1. The maximum absolute atomic E-state index is 13.7. The highest BCUT2D eigenvalue weighted by atomic mass is 16.5. The first-order valence-electron chi connectivity index (χ1n) is 13.2. The molecule has 4 rings (SSSR count). The Morgan fingerprint density at radius 3 is 1.47 bits per heavy atom. The number of nitrogens with one attached hydrogen (secondary N) is 1. The van der Waals surface area contributed by atoms with E-state index in [1.807, 2.05) is 0 Å². The van der Waals surface area contributed by atoms with Gasteiger partial charge in [0.2, 0.25) is 0 Å². The summed E-state index contributed by atoms with van der Waals surface area (Å²) < 4.78 is 21.6. The van der Waals surface area contributed by atoms with Crippen molar-refractivity contribution in [3.05, 3.63) is 35.9 Å². The molecule has 1 N–H and O–H groups in total. The number of ether oxygens (including phenoxy) is 4. The summed E-state index contributed by atoms with van der Waals surface area (Å²) in [6.45, 7) is 8.31. The van der Waals surface area contributed by atoms with Crippen LogP contribution in [0.1, 0.15) is 57.8 Å². The maximum Gasteiger partial charge on any atom is 0.312 e. The minimum Gasteiger partial charge on any atom is -0.466 e. The molecule has 38 heavy (non-hydrogen) atoms. The summed E-state index contributed by atoms with van der Waals surface area (Å²) in [6.07, 6.45) is 0.363. The first-order valence-corrected chi connectivity index (χ1v) is 13.2. The molecule has 1 aromatic rings. The average molecular weight is 532 g/mol. The lowest BCUT2D eigenvalue weighted by Gasteiger charge is -2.64. The molecule has 208 valence electrons. The van der Waals surface area contributed by atoms with E-state index in [2.05, 4.69) is 5.32 Å². The molecule has 2 unspecified atom stereocenters. The Kier molecular flexibility index (Phi) is 9.17. The van der Waals surface area contributed by atoms with Gasteiger partial charge in [-0.25, -0.2) is 0 Å². The predicted molar refractivity (Wildman–Crippen MR) is 134 cm³/mol. The third-order valence-electron chi connectivity index (χ3n) is 7.82. The molecule has 6 atom stereocenters. The number of hydrogen-bond donors (Lipinski definition) is 1. The Labute approximate surface area is 222 Å². The van der Waals surface area contributed by atoms with Crippen molar-refractivity contribution >= 4 is 29.8 Å². The van der Waals surface area contributed by atoms with Crippen LogP contribution in [0.15, 0.2) is 30.3 Å². The second-order valence-electron chi connectivity index (χ2n) is 9.79. The van der Waals surface area contributed by atoms with Crippen LogP contribution in [0.2, 0.25) is 0 Å². The normalized spacial score (nSPS) is 29.6. The zero-order valence-corrected chi connectivity index (χ0v) is 22.6. The number of carbonyl (C=O) groups is 5. The van der Waals surface area contributed by atoms with Gasteiger partial charge in [-0.2, -0.15) is 0 Å². The van der Waals surface area contributed by atoms with Gasteiger partial charge < -0.3 is 24.3 Å². The second kappa shape index (κ2) is 12.0. The SMILES string of the molecule is CCOC(=O)[C@@H]1[C@@H](C(=O)OCC)C2(NC(=O)c3ccccc3)CCC1(C)[C@@H](C(=O)OCC)[C@@H]2C(=O)OCC. The van der Waals surface area contributed by atoms with Crippen LogP contribution in [0.5, 0.6) is 0 Å². The van der Waals surface area contributed by atoms with Crippen LogP contribution in [0.4, 0.5) is 0 Å². The zero-order chi connectivity index (χ0) is 28.1. The fourth-order valence-corrected chi connectivity index (χ4v) is 6.36. The minimum absolute atomic E-state index is 0.00961. The van der Waals surface area contributed by atoms with Gasteiger partial charge in [0.1, 0.15) is 0 Å². The molecule has 10 nitrogen and oxygen atoms in total. The first kappa shape index (κ1) is 29.1. The molecule has 3 fully saturated rings. The fourth-order valence-electron chi connectivity index (χ4n) is 6.36. The third kappa shape index (κ3) is 5.00. The molecule has 0 aromatic heterocycles. The van der Waals surface area contributed by atoms with Gasteiger partial charge in [-0.1, -0.05) is 25.1 Å². The van der Waals surface area contributed by atoms with E-state index >= 15 is 0 Å². The van der Waals surface area contributed by atoms with Gasteiger partial charge in [0.05, 0.1) is 55.6 Å². The molecule has 2 bridgehead atoms. The van der Waals surface area contributed by atoms with Crippen molar-refractivity contribution in [2.75, 3.05) is 26.4 Å². The van der Waals surface area contributed by atoms with Gasteiger partial charge in [0, 0.05) is 5.56 Å². The molecular weight excluding hydrogens is 494 g/mol. The topological polar surface area (TPSA) is 134 Å². The van der Waals surface area contributed by atoms with E-state index in [1.165, 1.54) is 0 Å². The van der Waals surface area contributed by atoms with Gasteiger partial charge >= 0.3 is 23.9 Å². The summed E-state index contributed by atoms with van der Waals surface area (Å²) in [5.74, 6) is -8.50. The van der Waals surface area contributed by atoms with Gasteiger partial charge in [-0.3, -0.25) is 24.0 Å². The fraction of sp³-hybridized carbons (Fsp3) is 0.607. The van der Waals surface area contributed by atoms with Gasteiger partial charge in [0.25, 0.3) is 5.91 Å². The van der Waals surface area contributed by atoms with Crippen molar-refractivity contribution in [1.82, 2.24) is 5.32 Å².